The summed E-state index contributed by atoms with van der Waals surface area (Å²) >= 11 is 0. The van der Waals surface area contributed by atoms with Crippen LogP contribution in [0.2, 0.25) is 0 Å². The number of nitrogens with zero attached hydrogens (tertiary/aromatic N) is 1. The van der Waals surface area contributed by atoms with E-state index in [0.29, 0.717) is 31.6 Å². The molecule has 2 nitrogen and oxygen atoms in total. The van der Waals surface area contributed by atoms with Crippen LogP contribution in [0, 0.1) is 17.6 Å². The fourth-order valence-electron chi connectivity index (χ4n) is 2.15. The Morgan fingerprint density at radius 1 is 1.41 bits per heavy atom. The number of benzene rings is 1. The number of piperidine rings is 1. The van der Waals surface area contributed by atoms with Crippen molar-refractivity contribution in [2.45, 2.75) is 19.9 Å². The van der Waals surface area contributed by atoms with E-state index >= 15 is 0 Å². The molecule has 17 heavy (non-hydrogen) atoms. The summed E-state index contributed by atoms with van der Waals surface area (Å²) < 4.78 is 26.5. The first-order chi connectivity index (χ1) is 8.08. The highest BCUT2D eigenvalue weighted by molar-refractivity contribution is 5.81. The molecule has 0 bridgehead atoms. The van der Waals surface area contributed by atoms with Crippen LogP contribution in [0.25, 0.3) is 0 Å². The molecule has 0 aromatic heterocycles. The first kappa shape index (κ1) is 12.2. The maximum Gasteiger partial charge on any atom is 0.163 e. The van der Waals surface area contributed by atoms with Gasteiger partial charge in [-0.15, -0.1) is 0 Å². The molecule has 2 rings (SSSR count). The monoisotopic (exact) mass is 239 g/mol. The molecule has 0 aliphatic carbocycles. The number of hydrogen-bond acceptors (Lipinski definition) is 2. The summed E-state index contributed by atoms with van der Waals surface area (Å²) in [5.41, 5.74) is 0.353. The molecule has 1 fully saturated rings. The van der Waals surface area contributed by atoms with Crippen LogP contribution in [0.15, 0.2) is 18.2 Å². The number of likely N-dealkylation sites (tertiary alicyclic amines) is 1. The molecule has 0 saturated carbocycles. The van der Waals surface area contributed by atoms with E-state index in [1.807, 2.05) is 11.8 Å². The molecule has 0 spiro atoms. The number of Topliss-reactive ketones (excluding diaryl/α,β-unsaturated/α-hetero) is 1. The quantitative estimate of drug-likeness (QED) is 0.789. The molecule has 1 aliphatic rings. The molecule has 1 aromatic carbocycles. The van der Waals surface area contributed by atoms with Gasteiger partial charge in [0, 0.05) is 37.5 Å². The summed E-state index contributed by atoms with van der Waals surface area (Å²) in [5, 5.41) is 0. The van der Waals surface area contributed by atoms with Gasteiger partial charge in [-0.25, -0.2) is 8.78 Å². The van der Waals surface area contributed by atoms with Gasteiger partial charge in [0.15, 0.2) is 11.6 Å². The Labute approximate surface area is 99.2 Å². The van der Waals surface area contributed by atoms with Gasteiger partial charge in [0.25, 0.3) is 0 Å². The van der Waals surface area contributed by atoms with Crippen LogP contribution < -0.4 is 0 Å². The Bertz CT molecular complexity index is 433. The summed E-state index contributed by atoms with van der Waals surface area (Å²) in [6.45, 7) is 3.48. The van der Waals surface area contributed by atoms with Crippen LogP contribution in [0.3, 0.4) is 0 Å². The Morgan fingerprint density at radius 3 is 2.88 bits per heavy atom. The van der Waals surface area contributed by atoms with Crippen molar-refractivity contribution in [2.24, 2.45) is 5.92 Å². The average molecular weight is 239 g/mol. The molecule has 0 amide bonds. The number of rotatable bonds is 2. The minimum Gasteiger partial charge on any atom is -0.299 e. The Balaban J connectivity index is 2.06. The van der Waals surface area contributed by atoms with Gasteiger partial charge in [-0.1, -0.05) is 19.1 Å². The van der Waals surface area contributed by atoms with E-state index in [-0.39, 0.29) is 11.7 Å². The Morgan fingerprint density at radius 2 is 2.18 bits per heavy atom. The van der Waals surface area contributed by atoms with E-state index in [1.54, 1.807) is 6.07 Å². The van der Waals surface area contributed by atoms with Crippen molar-refractivity contribution in [3.8, 4) is 0 Å². The molecule has 1 atom stereocenters. The smallest absolute Gasteiger partial charge is 0.163 e. The number of carbonyl (C=O) groups excluding carboxylic acids is 1. The molecule has 1 heterocycles. The average Bonchev–Trinajstić information content (AvgIpc) is 2.30. The van der Waals surface area contributed by atoms with Gasteiger partial charge in [-0.2, -0.15) is 0 Å². The van der Waals surface area contributed by atoms with Gasteiger partial charge in [0.1, 0.15) is 5.78 Å². The van der Waals surface area contributed by atoms with E-state index in [2.05, 4.69) is 0 Å². The fourth-order valence-corrected chi connectivity index (χ4v) is 2.15. The SMILES string of the molecule is CC1CN(Cc2cccc(F)c2F)CCC1=O. The molecule has 1 saturated heterocycles. The first-order valence-electron chi connectivity index (χ1n) is 5.76. The Hall–Kier alpha value is -1.29. The van der Waals surface area contributed by atoms with Crippen LogP contribution in [-0.4, -0.2) is 23.8 Å². The van der Waals surface area contributed by atoms with Gasteiger partial charge in [0.2, 0.25) is 0 Å². The minimum absolute atomic E-state index is 0.0135. The lowest BCUT2D eigenvalue weighted by Crippen LogP contribution is -2.39. The van der Waals surface area contributed by atoms with Crippen molar-refractivity contribution in [3.05, 3.63) is 35.4 Å². The highest BCUT2D eigenvalue weighted by Crippen LogP contribution is 2.18. The summed E-state index contributed by atoms with van der Waals surface area (Å²) in [4.78, 5) is 13.3. The second-order valence-electron chi connectivity index (χ2n) is 4.57. The summed E-state index contributed by atoms with van der Waals surface area (Å²) in [6, 6.07) is 4.20. The number of ketones is 1. The maximum atomic E-state index is 13.5. The van der Waals surface area contributed by atoms with E-state index in [1.165, 1.54) is 6.07 Å². The van der Waals surface area contributed by atoms with Crippen LogP contribution in [0.4, 0.5) is 8.78 Å². The topological polar surface area (TPSA) is 20.3 Å². The molecule has 1 aromatic rings. The zero-order valence-electron chi connectivity index (χ0n) is 9.75. The lowest BCUT2D eigenvalue weighted by Gasteiger charge is -2.29. The van der Waals surface area contributed by atoms with Gasteiger partial charge in [-0.05, 0) is 6.07 Å². The molecule has 4 heteroatoms. The minimum atomic E-state index is -0.816. The molecule has 1 unspecified atom stereocenters. The number of hydrogen-bond donors (Lipinski definition) is 0. The van der Waals surface area contributed by atoms with Crippen LogP contribution >= 0.6 is 0 Å². The summed E-state index contributed by atoms with van der Waals surface area (Å²) in [5.74, 6) is -1.36. The standard InChI is InChI=1S/C13H15F2NO/c1-9-7-16(6-5-12(9)17)8-10-3-2-4-11(14)13(10)15/h2-4,9H,5-8H2,1H3. The normalized spacial score (nSPS) is 21.8. The van der Waals surface area contributed by atoms with Crippen molar-refractivity contribution in [1.82, 2.24) is 4.90 Å². The number of halogens is 2. The van der Waals surface area contributed by atoms with Crippen molar-refractivity contribution >= 4 is 5.78 Å². The molecule has 0 radical (unpaired) electrons. The molecule has 0 N–H and O–H groups in total. The second kappa shape index (κ2) is 4.92. The fraction of sp³-hybridized carbons (Fsp3) is 0.462. The van der Waals surface area contributed by atoms with E-state index in [0.717, 1.165) is 6.07 Å². The molecule has 92 valence electrons. The third-order valence-corrected chi connectivity index (χ3v) is 3.18. The largest absolute Gasteiger partial charge is 0.299 e. The highest BCUT2D eigenvalue weighted by atomic mass is 19.2. The first-order valence-corrected chi connectivity index (χ1v) is 5.76. The van der Waals surface area contributed by atoms with Crippen LogP contribution in [0.1, 0.15) is 18.9 Å². The lowest BCUT2D eigenvalue weighted by molar-refractivity contribution is -0.125. The predicted molar refractivity (Wildman–Crippen MR) is 60.4 cm³/mol. The second-order valence-corrected chi connectivity index (χ2v) is 4.57. The third kappa shape index (κ3) is 2.69. The van der Waals surface area contributed by atoms with Crippen molar-refractivity contribution in [3.63, 3.8) is 0 Å². The molecule has 1 aliphatic heterocycles. The van der Waals surface area contributed by atoms with Crippen LogP contribution in [0.5, 0.6) is 0 Å². The number of carbonyl (C=O) groups is 1. The Kier molecular flexibility index (Phi) is 3.52. The van der Waals surface area contributed by atoms with Gasteiger partial charge < -0.3 is 0 Å². The highest BCUT2D eigenvalue weighted by Gasteiger charge is 2.24. The van der Waals surface area contributed by atoms with Gasteiger partial charge >= 0.3 is 0 Å². The van der Waals surface area contributed by atoms with Crippen molar-refractivity contribution in [1.29, 1.82) is 0 Å². The van der Waals surface area contributed by atoms with Gasteiger partial charge in [0.05, 0.1) is 0 Å². The van der Waals surface area contributed by atoms with Crippen molar-refractivity contribution < 1.29 is 13.6 Å². The van der Waals surface area contributed by atoms with Crippen molar-refractivity contribution in [2.75, 3.05) is 13.1 Å². The van der Waals surface area contributed by atoms with Gasteiger partial charge in [-0.3, -0.25) is 9.69 Å². The maximum absolute atomic E-state index is 13.5. The zero-order chi connectivity index (χ0) is 12.4. The van der Waals surface area contributed by atoms with Crippen LogP contribution in [-0.2, 0) is 11.3 Å². The zero-order valence-corrected chi connectivity index (χ0v) is 9.75. The molecular weight excluding hydrogens is 224 g/mol. The van der Waals surface area contributed by atoms with E-state index in [4.69, 9.17) is 0 Å². The summed E-state index contributed by atoms with van der Waals surface area (Å²) in [6.07, 6.45) is 0.498. The summed E-state index contributed by atoms with van der Waals surface area (Å²) in [7, 11) is 0. The van der Waals surface area contributed by atoms with E-state index < -0.39 is 11.6 Å². The predicted octanol–water partition coefficient (Wildman–Crippen LogP) is 2.38. The lowest BCUT2D eigenvalue weighted by atomic mass is 9.98. The molecular formula is C13H15F2NO. The third-order valence-electron chi connectivity index (χ3n) is 3.18. The van der Waals surface area contributed by atoms with E-state index in [9.17, 15) is 13.6 Å².